The molecule has 2 aromatic carbocycles. The summed E-state index contributed by atoms with van der Waals surface area (Å²) in [6.07, 6.45) is 0. The number of aromatic hydroxyl groups is 1. The van der Waals surface area contributed by atoms with Crippen molar-refractivity contribution >= 4 is 50.3 Å². The zero-order chi connectivity index (χ0) is 21.3. The third-order valence-electron chi connectivity index (χ3n) is 4.91. The number of phenols is 1. The van der Waals surface area contributed by atoms with Gasteiger partial charge in [0.05, 0.1) is 27.8 Å². The van der Waals surface area contributed by atoms with E-state index in [-0.39, 0.29) is 11.7 Å². The van der Waals surface area contributed by atoms with Crippen molar-refractivity contribution in [3.05, 3.63) is 51.6 Å². The van der Waals surface area contributed by atoms with Crippen LogP contribution in [0.4, 0.5) is 5.69 Å². The van der Waals surface area contributed by atoms with Crippen molar-refractivity contribution in [3.8, 4) is 5.75 Å². The van der Waals surface area contributed by atoms with Crippen molar-refractivity contribution in [3.63, 3.8) is 0 Å². The number of carbonyl (C=O) groups excluding carboxylic acids is 1. The number of fused-ring (bicyclic) bond motifs is 1. The Kier molecular flexibility index (Phi) is 6.49. The van der Waals surface area contributed by atoms with Crippen molar-refractivity contribution < 1.29 is 14.6 Å². The summed E-state index contributed by atoms with van der Waals surface area (Å²) >= 11 is 5.18. The molecular formula is C22H25BrN2O3S. The van der Waals surface area contributed by atoms with Crippen molar-refractivity contribution in [2.45, 2.75) is 24.5 Å². The summed E-state index contributed by atoms with van der Waals surface area (Å²) in [4.78, 5) is 16.0. The van der Waals surface area contributed by atoms with Gasteiger partial charge in [-0.25, -0.2) is 4.79 Å². The topological polar surface area (TPSA) is 54.7 Å². The summed E-state index contributed by atoms with van der Waals surface area (Å²) in [6.45, 7) is 4.03. The van der Waals surface area contributed by atoms with Gasteiger partial charge in [0.25, 0.3) is 0 Å². The number of thioether (sulfide) groups is 1. The van der Waals surface area contributed by atoms with E-state index in [1.165, 1.54) is 0 Å². The first-order chi connectivity index (χ1) is 13.8. The Morgan fingerprint density at radius 2 is 1.93 bits per heavy atom. The van der Waals surface area contributed by atoms with E-state index in [2.05, 4.69) is 28.1 Å². The molecule has 1 aromatic heterocycles. The molecule has 3 aromatic rings. The van der Waals surface area contributed by atoms with Crippen LogP contribution in [0.3, 0.4) is 0 Å². The van der Waals surface area contributed by atoms with Gasteiger partial charge in [-0.05, 0) is 47.5 Å². The summed E-state index contributed by atoms with van der Waals surface area (Å²) in [6, 6.07) is 10.1. The largest absolute Gasteiger partial charge is 0.505 e. The molecule has 0 saturated heterocycles. The second-order valence-electron chi connectivity index (χ2n) is 6.96. The third kappa shape index (κ3) is 3.85. The number of phenolic OH excluding ortho intramolecular Hbond substituents is 1. The fourth-order valence-electron chi connectivity index (χ4n) is 3.60. The molecule has 29 heavy (non-hydrogen) atoms. The average molecular weight is 477 g/mol. The van der Waals surface area contributed by atoms with Crippen LogP contribution in [-0.4, -0.2) is 36.3 Å². The van der Waals surface area contributed by atoms with Crippen LogP contribution in [0.1, 0.15) is 28.5 Å². The van der Waals surface area contributed by atoms with Crippen molar-refractivity contribution in [2.24, 2.45) is 7.05 Å². The van der Waals surface area contributed by atoms with Gasteiger partial charge in [-0.1, -0.05) is 18.2 Å². The Hall–Kier alpha value is -2.12. The zero-order valence-electron chi connectivity index (χ0n) is 17.2. The lowest BCUT2D eigenvalue weighted by Gasteiger charge is -2.19. The molecule has 154 valence electrons. The summed E-state index contributed by atoms with van der Waals surface area (Å²) in [5.41, 5.74) is 3.78. The Morgan fingerprint density at radius 1 is 1.28 bits per heavy atom. The summed E-state index contributed by atoms with van der Waals surface area (Å²) in [5.74, 6) is 0.359. The normalized spacial score (nSPS) is 11.1. The number of halogens is 1. The lowest BCUT2D eigenvalue weighted by atomic mass is 10.0. The lowest BCUT2D eigenvalue weighted by molar-refractivity contribution is 0.0527. The second-order valence-corrected chi connectivity index (χ2v) is 8.80. The maximum absolute atomic E-state index is 13.0. The molecule has 0 amide bonds. The molecule has 0 unspecified atom stereocenters. The zero-order valence-corrected chi connectivity index (χ0v) is 19.6. The number of carbonyl (C=O) groups is 1. The SMILES string of the molecule is CCOC(=O)c1c(CSc2ccccc2)n(C)c2c(C)c(Br)c(O)c(N(C)C)c12. The van der Waals surface area contributed by atoms with Gasteiger partial charge in [-0.15, -0.1) is 11.8 Å². The molecule has 3 rings (SSSR count). The number of hydrogen-bond donors (Lipinski definition) is 1. The van der Waals surface area contributed by atoms with Crippen LogP contribution in [0.25, 0.3) is 10.9 Å². The molecule has 0 aliphatic heterocycles. The highest BCUT2D eigenvalue weighted by atomic mass is 79.9. The number of aryl methyl sites for hydroxylation is 2. The molecular weight excluding hydrogens is 452 g/mol. The van der Waals surface area contributed by atoms with E-state index in [9.17, 15) is 9.90 Å². The van der Waals surface area contributed by atoms with Crippen molar-refractivity contribution in [1.29, 1.82) is 0 Å². The van der Waals surface area contributed by atoms with Crippen LogP contribution in [-0.2, 0) is 17.5 Å². The minimum absolute atomic E-state index is 0.124. The molecule has 0 radical (unpaired) electrons. The van der Waals surface area contributed by atoms with E-state index >= 15 is 0 Å². The number of anilines is 1. The molecule has 0 fully saturated rings. The van der Waals surface area contributed by atoms with E-state index < -0.39 is 0 Å². The fraction of sp³-hybridized carbons (Fsp3) is 0.318. The predicted octanol–water partition coefficient (Wildman–Crippen LogP) is 5.49. The van der Waals surface area contributed by atoms with Crippen LogP contribution in [0, 0.1) is 6.92 Å². The Bertz CT molecular complexity index is 1060. The molecule has 7 heteroatoms. The van der Waals surface area contributed by atoms with Crippen LogP contribution < -0.4 is 4.90 Å². The summed E-state index contributed by atoms with van der Waals surface area (Å²) < 4.78 is 8.09. The molecule has 0 aliphatic carbocycles. The minimum Gasteiger partial charge on any atom is -0.505 e. The van der Waals surface area contributed by atoms with Gasteiger partial charge in [-0.2, -0.15) is 0 Å². The van der Waals surface area contributed by atoms with Crippen molar-refractivity contribution in [1.82, 2.24) is 4.57 Å². The van der Waals surface area contributed by atoms with Crippen LogP contribution >= 0.6 is 27.7 Å². The summed E-state index contributed by atoms with van der Waals surface area (Å²) in [7, 11) is 5.68. The van der Waals surface area contributed by atoms with Gasteiger partial charge in [0, 0.05) is 42.9 Å². The quantitative estimate of drug-likeness (QED) is 0.376. The maximum atomic E-state index is 13.0. The number of rotatable bonds is 6. The molecule has 1 heterocycles. The molecule has 5 nitrogen and oxygen atoms in total. The Morgan fingerprint density at radius 3 is 2.52 bits per heavy atom. The lowest BCUT2D eigenvalue weighted by Crippen LogP contribution is -2.12. The van der Waals surface area contributed by atoms with Crippen LogP contribution in [0.2, 0.25) is 0 Å². The van der Waals surface area contributed by atoms with Gasteiger partial charge >= 0.3 is 5.97 Å². The van der Waals surface area contributed by atoms with E-state index in [4.69, 9.17) is 4.74 Å². The molecule has 0 spiro atoms. The smallest absolute Gasteiger partial charge is 0.340 e. The summed E-state index contributed by atoms with van der Waals surface area (Å²) in [5, 5.41) is 11.6. The molecule has 1 N–H and O–H groups in total. The van der Waals surface area contributed by atoms with E-state index in [0.717, 1.165) is 27.1 Å². The second kappa shape index (κ2) is 8.71. The Balaban J connectivity index is 2.31. The van der Waals surface area contributed by atoms with Crippen LogP contribution in [0.5, 0.6) is 5.75 Å². The standard InChI is InChI=1S/C22H25BrN2O3S/c1-6-28-22(27)16-15(12-29-14-10-8-7-9-11-14)25(5)19-13(2)18(23)21(26)20(17(16)19)24(3)4/h7-11,26H,6,12H2,1-5H3. The minimum atomic E-state index is -0.369. The number of esters is 1. The fourth-order valence-corrected chi connectivity index (χ4v) is 4.97. The molecule has 0 bridgehead atoms. The molecule has 0 aliphatic rings. The average Bonchev–Trinajstić information content (AvgIpc) is 2.97. The monoisotopic (exact) mass is 476 g/mol. The first-order valence-electron chi connectivity index (χ1n) is 9.34. The maximum Gasteiger partial charge on any atom is 0.340 e. The van der Waals surface area contributed by atoms with Gasteiger partial charge in [0.15, 0.2) is 5.75 Å². The third-order valence-corrected chi connectivity index (χ3v) is 6.91. The van der Waals surface area contributed by atoms with Gasteiger partial charge < -0.3 is 19.3 Å². The molecule has 0 atom stereocenters. The van der Waals surface area contributed by atoms with Gasteiger partial charge in [0.1, 0.15) is 0 Å². The highest BCUT2D eigenvalue weighted by Gasteiger charge is 2.29. The first kappa shape index (κ1) is 21.6. The van der Waals surface area contributed by atoms with Crippen LogP contribution in [0.15, 0.2) is 39.7 Å². The van der Waals surface area contributed by atoms with E-state index in [1.54, 1.807) is 18.7 Å². The highest BCUT2D eigenvalue weighted by molar-refractivity contribution is 9.10. The van der Waals surface area contributed by atoms with Gasteiger partial charge in [0.2, 0.25) is 0 Å². The highest BCUT2D eigenvalue weighted by Crippen LogP contribution is 2.47. The van der Waals surface area contributed by atoms with E-state index in [1.807, 2.05) is 55.7 Å². The van der Waals surface area contributed by atoms with Gasteiger partial charge in [-0.3, -0.25) is 0 Å². The van der Waals surface area contributed by atoms with E-state index in [0.29, 0.717) is 28.1 Å². The molecule has 0 saturated carbocycles. The number of hydrogen-bond acceptors (Lipinski definition) is 5. The number of aromatic nitrogens is 1. The number of nitrogens with zero attached hydrogens (tertiary/aromatic N) is 2. The Labute approximate surface area is 183 Å². The number of ether oxygens (including phenoxy) is 1. The van der Waals surface area contributed by atoms with Crippen molar-refractivity contribution in [2.75, 3.05) is 25.6 Å². The predicted molar refractivity (Wildman–Crippen MR) is 123 cm³/mol. The number of benzene rings is 2. The first-order valence-corrected chi connectivity index (χ1v) is 11.1.